The summed E-state index contributed by atoms with van der Waals surface area (Å²) in [5, 5.41) is 20.0. The van der Waals surface area contributed by atoms with E-state index < -0.39 is 17.5 Å². The molecule has 0 spiro atoms. The molecule has 0 bridgehead atoms. The van der Waals surface area contributed by atoms with Crippen LogP contribution in [0.5, 0.6) is 0 Å². The molecule has 1 atom stereocenters. The summed E-state index contributed by atoms with van der Waals surface area (Å²) >= 11 is 0. The molecular weight excluding hydrogens is 204 g/mol. The molecule has 1 amide bonds. The summed E-state index contributed by atoms with van der Waals surface area (Å²) in [5.41, 5.74) is 3.15. The molecule has 1 unspecified atom stereocenters. The highest BCUT2D eigenvalue weighted by atomic mass is 16.5. The second-order valence-corrected chi connectivity index (χ2v) is 3.20. The minimum absolute atomic E-state index is 0.201. The zero-order valence-electron chi connectivity index (χ0n) is 8.52. The Bertz CT molecular complexity index is 229. The van der Waals surface area contributed by atoms with Gasteiger partial charge in [0.05, 0.1) is 13.2 Å². The number of carbonyl (C=O) groups is 2. The Morgan fingerprint density at radius 3 is 2.60 bits per heavy atom. The molecule has 7 heteroatoms. The number of aliphatic hydroxyl groups is 1. The standard InChI is InChI=1S/C8H16N2O5/c1-8(14,7(12)13)5-10-6(11)4-15-3-2-9/h14H,2-5,9H2,1H3,(H,10,11)(H,12,13). The number of hydrogen-bond acceptors (Lipinski definition) is 5. The predicted octanol–water partition coefficient (Wildman–Crippen LogP) is -2.09. The number of carbonyl (C=O) groups excluding carboxylic acids is 1. The average Bonchev–Trinajstić information content (AvgIpc) is 2.15. The molecule has 88 valence electrons. The van der Waals surface area contributed by atoms with Crippen LogP contribution in [0.25, 0.3) is 0 Å². The van der Waals surface area contributed by atoms with Crippen LogP contribution >= 0.6 is 0 Å². The number of rotatable bonds is 7. The Balaban J connectivity index is 3.75. The third-order valence-corrected chi connectivity index (χ3v) is 1.59. The first kappa shape index (κ1) is 13.8. The fourth-order valence-electron chi connectivity index (χ4n) is 0.646. The van der Waals surface area contributed by atoms with Gasteiger partial charge in [-0.1, -0.05) is 0 Å². The quantitative estimate of drug-likeness (QED) is 0.365. The van der Waals surface area contributed by atoms with Crippen molar-refractivity contribution in [2.45, 2.75) is 12.5 Å². The lowest BCUT2D eigenvalue weighted by molar-refractivity contribution is -0.156. The highest BCUT2D eigenvalue weighted by Gasteiger charge is 2.30. The SMILES string of the molecule is CC(O)(CNC(=O)COCCN)C(=O)O. The van der Waals surface area contributed by atoms with Crippen LogP contribution < -0.4 is 11.1 Å². The molecule has 15 heavy (non-hydrogen) atoms. The van der Waals surface area contributed by atoms with E-state index in [0.29, 0.717) is 6.54 Å². The van der Waals surface area contributed by atoms with Crippen LogP contribution in [0.2, 0.25) is 0 Å². The minimum atomic E-state index is -1.97. The van der Waals surface area contributed by atoms with Crippen molar-refractivity contribution in [3.8, 4) is 0 Å². The maximum absolute atomic E-state index is 11.0. The van der Waals surface area contributed by atoms with Gasteiger partial charge in [-0.15, -0.1) is 0 Å². The highest BCUT2D eigenvalue weighted by Crippen LogP contribution is 2.00. The molecule has 0 saturated carbocycles. The predicted molar refractivity (Wildman–Crippen MR) is 51.1 cm³/mol. The highest BCUT2D eigenvalue weighted by molar-refractivity contribution is 5.80. The Morgan fingerprint density at radius 2 is 2.13 bits per heavy atom. The summed E-state index contributed by atoms with van der Waals surface area (Å²) in [6.07, 6.45) is 0. The minimum Gasteiger partial charge on any atom is -0.479 e. The van der Waals surface area contributed by atoms with Crippen molar-refractivity contribution in [1.29, 1.82) is 0 Å². The number of amides is 1. The first-order valence-electron chi connectivity index (χ1n) is 4.40. The van der Waals surface area contributed by atoms with Gasteiger partial charge in [0.15, 0.2) is 5.60 Å². The smallest absolute Gasteiger partial charge is 0.337 e. The van der Waals surface area contributed by atoms with Crippen LogP contribution in [0.3, 0.4) is 0 Å². The molecule has 0 aliphatic rings. The fourth-order valence-corrected chi connectivity index (χ4v) is 0.646. The normalized spacial score (nSPS) is 14.3. The third-order valence-electron chi connectivity index (χ3n) is 1.59. The van der Waals surface area contributed by atoms with Crippen molar-refractivity contribution >= 4 is 11.9 Å². The van der Waals surface area contributed by atoms with Gasteiger partial charge in [0.1, 0.15) is 6.61 Å². The zero-order valence-corrected chi connectivity index (χ0v) is 8.52. The molecule has 0 aromatic rings. The van der Waals surface area contributed by atoms with Gasteiger partial charge in [-0.3, -0.25) is 4.79 Å². The van der Waals surface area contributed by atoms with Gasteiger partial charge in [0.2, 0.25) is 5.91 Å². The van der Waals surface area contributed by atoms with E-state index in [2.05, 4.69) is 5.32 Å². The molecule has 0 saturated heterocycles. The molecule has 0 fully saturated rings. The van der Waals surface area contributed by atoms with E-state index in [1.807, 2.05) is 0 Å². The second kappa shape index (κ2) is 6.33. The number of aliphatic carboxylic acids is 1. The zero-order chi connectivity index (χ0) is 11.9. The van der Waals surface area contributed by atoms with Crippen molar-refractivity contribution < 1.29 is 24.5 Å². The molecule has 0 aromatic heterocycles. The lowest BCUT2D eigenvalue weighted by atomic mass is 10.1. The van der Waals surface area contributed by atoms with Gasteiger partial charge >= 0.3 is 5.97 Å². The van der Waals surface area contributed by atoms with Crippen LogP contribution in [-0.4, -0.2) is 54.0 Å². The van der Waals surface area contributed by atoms with Gasteiger partial charge < -0.3 is 26.0 Å². The molecule has 0 rings (SSSR count). The monoisotopic (exact) mass is 220 g/mol. The van der Waals surface area contributed by atoms with E-state index in [9.17, 15) is 14.7 Å². The van der Waals surface area contributed by atoms with Crippen LogP contribution in [0.1, 0.15) is 6.92 Å². The molecular formula is C8H16N2O5. The van der Waals surface area contributed by atoms with E-state index in [-0.39, 0.29) is 19.8 Å². The van der Waals surface area contributed by atoms with Crippen LogP contribution in [0, 0.1) is 0 Å². The molecule has 7 nitrogen and oxygen atoms in total. The van der Waals surface area contributed by atoms with E-state index in [1.54, 1.807) is 0 Å². The maximum atomic E-state index is 11.0. The molecule has 0 aromatic carbocycles. The van der Waals surface area contributed by atoms with E-state index in [1.165, 1.54) is 0 Å². The number of carboxylic acid groups (broad SMARTS) is 1. The topological polar surface area (TPSA) is 122 Å². The summed E-state index contributed by atoms with van der Waals surface area (Å²) in [6.45, 7) is 1.08. The van der Waals surface area contributed by atoms with Crippen LogP contribution in [0.15, 0.2) is 0 Å². The summed E-state index contributed by atoms with van der Waals surface area (Å²) in [5.74, 6) is -1.89. The Kier molecular flexibility index (Phi) is 5.83. The Hall–Kier alpha value is -1.18. The first-order valence-corrected chi connectivity index (χ1v) is 4.40. The summed E-state index contributed by atoms with van der Waals surface area (Å²) < 4.78 is 4.80. The van der Waals surface area contributed by atoms with Gasteiger partial charge in [0.25, 0.3) is 0 Å². The lowest BCUT2D eigenvalue weighted by Gasteiger charge is -2.18. The van der Waals surface area contributed by atoms with Crippen molar-refractivity contribution in [3.63, 3.8) is 0 Å². The molecule has 5 N–H and O–H groups in total. The third kappa shape index (κ3) is 6.00. The maximum Gasteiger partial charge on any atom is 0.337 e. The summed E-state index contributed by atoms with van der Waals surface area (Å²) in [6, 6.07) is 0. The van der Waals surface area contributed by atoms with Gasteiger partial charge in [-0.25, -0.2) is 4.79 Å². The van der Waals surface area contributed by atoms with Gasteiger partial charge in [-0.05, 0) is 6.92 Å². The fraction of sp³-hybridized carbons (Fsp3) is 0.750. The Labute approximate surface area is 87.2 Å². The lowest BCUT2D eigenvalue weighted by Crippen LogP contribution is -2.47. The number of nitrogens with one attached hydrogen (secondary N) is 1. The number of ether oxygens (including phenoxy) is 1. The molecule has 0 aliphatic carbocycles. The first-order chi connectivity index (χ1) is 6.90. The Morgan fingerprint density at radius 1 is 1.53 bits per heavy atom. The largest absolute Gasteiger partial charge is 0.479 e. The summed E-state index contributed by atoms with van der Waals surface area (Å²) in [4.78, 5) is 21.5. The molecule has 0 aliphatic heterocycles. The van der Waals surface area contributed by atoms with Crippen molar-refractivity contribution in [2.24, 2.45) is 5.73 Å². The van der Waals surface area contributed by atoms with Crippen molar-refractivity contribution in [2.75, 3.05) is 26.3 Å². The average molecular weight is 220 g/mol. The number of nitrogens with two attached hydrogens (primary N) is 1. The second-order valence-electron chi connectivity index (χ2n) is 3.20. The number of hydrogen-bond donors (Lipinski definition) is 4. The van der Waals surface area contributed by atoms with Crippen LogP contribution in [-0.2, 0) is 14.3 Å². The number of carboxylic acids is 1. The molecule has 0 radical (unpaired) electrons. The van der Waals surface area contributed by atoms with Gasteiger partial charge in [0, 0.05) is 6.54 Å². The van der Waals surface area contributed by atoms with Crippen LogP contribution in [0.4, 0.5) is 0 Å². The van der Waals surface area contributed by atoms with Crippen molar-refractivity contribution in [1.82, 2.24) is 5.32 Å². The van der Waals surface area contributed by atoms with E-state index >= 15 is 0 Å². The van der Waals surface area contributed by atoms with Crippen molar-refractivity contribution in [3.05, 3.63) is 0 Å². The summed E-state index contributed by atoms with van der Waals surface area (Å²) in [7, 11) is 0. The van der Waals surface area contributed by atoms with Gasteiger partial charge in [-0.2, -0.15) is 0 Å². The van der Waals surface area contributed by atoms with E-state index in [0.717, 1.165) is 6.92 Å². The van der Waals surface area contributed by atoms with E-state index in [4.69, 9.17) is 15.6 Å². The molecule has 0 heterocycles.